The fourth-order valence-electron chi connectivity index (χ4n) is 4.75. The van der Waals surface area contributed by atoms with Crippen molar-refractivity contribution in [3.05, 3.63) is 47.6 Å². The molecule has 0 saturated carbocycles. The molecule has 1 saturated heterocycles. The standard InChI is InChI=1S/C29H34N4O4S/c1-4-36-29(34)27-15-20-14-21(6-7-26(20)38-27)32-28-22-16-25(24(35-3)17-23(22)30-18-31-28)37-13-5-10-33-11-8-19(2)9-12-33/h6-7,14-19H,4-5,8-13H2,1-3H3,(H,30,31,32). The lowest BCUT2D eigenvalue weighted by atomic mass is 9.99. The minimum absolute atomic E-state index is 0.294. The van der Waals surface area contributed by atoms with Crippen molar-refractivity contribution in [1.29, 1.82) is 0 Å². The number of likely N-dealkylation sites (tertiary alicyclic amines) is 1. The average Bonchev–Trinajstić information content (AvgIpc) is 3.36. The number of nitrogens with zero attached hydrogens (tertiary/aromatic N) is 3. The lowest BCUT2D eigenvalue weighted by molar-refractivity contribution is 0.0532. The van der Waals surface area contributed by atoms with Gasteiger partial charge >= 0.3 is 5.97 Å². The summed E-state index contributed by atoms with van der Waals surface area (Å²) in [5.74, 6) is 2.54. The van der Waals surface area contributed by atoms with Gasteiger partial charge in [-0.3, -0.25) is 0 Å². The van der Waals surface area contributed by atoms with Crippen LogP contribution in [0.5, 0.6) is 11.5 Å². The first kappa shape index (κ1) is 26.2. The summed E-state index contributed by atoms with van der Waals surface area (Å²) >= 11 is 1.43. The summed E-state index contributed by atoms with van der Waals surface area (Å²) in [6.45, 7) is 8.50. The van der Waals surface area contributed by atoms with Crippen LogP contribution in [0, 0.1) is 5.92 Å². The van der Waals surface area contributed by atoms with E-state index in [0.29, 0.717) is 35.4 Å². The average molecular weight is 535 g/mol. The van der Waals surface area contributed by atoms with Crippen molar-refractivity contribution < 1.29 is 19.0 Å². The Morgan fingerprint density at radius 1 is 1.13 bits per heavy atom. The molecule has 1 aliphatic rings. The number of piperidine rings is 1. The highest BCUT2D eigenvalue weighted by Gasteiger charge is 2.16. The molecule has 2 aromatic heterocycles. The zero-order valence-corrected chi connectivity index (χ0v) is 23.0. The van der Waals surface area contributed by atoms with Gasteiger partial charge in [-0.1, -0.05) is 6.92 Å². The Bertz CT molecular complexity index is 1410. The Labute approximate surface area is 226 Å². The third kappa shape index (κ3) is 6.00. The number of nitrogens with one attached hydrogen (secondary N) is 1. The van der Waals surface area contributed by atoms with E-state index in [0.717, 1.165) is 45.6 Å². The number of aromatic nitrogens is 2. The summed E-state index contributed by atoms with van der Waals surface area (Å²) < 4.78 is 17.9. The van der Waals surface area contributed by atoms with Crippen LogP contribution >= 0.6 is 11.3 Å². The van der Waals surface area contributed by atoms with E-state index in [4.69, 9.17) is 14.2 Å². The first-order valence-corrected chi connectivity index (χ1v) is 14.0. The van der Waals surface area contributed by atoms with Gasteiger partial charge in [0.15, 0.2) is 11.5 Å². The number of rotatable bonds is 10. The molecule has 0 aliphatic carbocycles. The minimum Gasteiger partial charge on any atom is -0.493 e. The van der Waals surface area contributed by atoms with E-state index < -0.39 is 0 Å². The molecule has 38 heavy (non-hydrogen) atoms. The van der Waals surface area contributed by atoms with E-state index in [1.165, 1.54) is 43.6 Å². The smallest absolute Gasteiger partial charge is 0.348 e. The molecule has 1 N–H and O–H groups in total. The number of hydrogen-bond donors (Lipinski definition) is 1. The van der Waals surface area contributed by atoms with Gasteiger partial charge in [-0.05, 0) is 80.9 Å². The van der Waals surface area contributed by atoms with Gasteiger partial charge in [0.05, 0.1) is 25.8 Å². The predicted octanol–water partition coefficient (Wildman–Crippen LogP) is 6.27. The van der Waals surface area contributed by atoms with E-state index in [-0.39, 0.29) is 5.97 Å². The second-order valence-electron chi connectivity index (χ2n) is 9.68. The van der Waals surface area contributed by atoms with Crippen LogP contribution in [0.15, 0.2) is 42.7 Å². The zero-order chi connectivity index (χ0) is 26.5. The molecule has 0 spiro atoms. The molecule has 5 rings (SSSR count). The van der Waals surface area contributed by atoms with Crippen molar-refractivity contribution >= 4 is 49.8 Å². The van der Waals surface area contributed by atoms with Crippen LogP contribution in [-0.2, 0) is 4.74 Å². The Kier molecular flexibility index (Phi) is 8.24. The summed E-state index contributed by atoms with van der Waals surface area (Å²) in [6.07, 6.45) is 5.05. The maximum absolute atomic E-state index is 12.1. The third-order valence-corrected chi connectivity index (χ3v) is 8.03. The van der Waals surface area contributed by atoms with E-state index in [1.54, 1.807) is 14.0 Å². The van der Waals surface area contributed by atoms with Crippen molar-refractivity contribution in [2.45, 2.75) is 33.1 Å². The minimum atomic E-state index is -0.294. The lowest BCUT2D eigenvalue weighted by Gasteiger charge is -2.30. The van der Waals surface area contributed by atoms with Crippen molar-refractivity contribution in [1.82, 2.24) is 14.9 Å². The summed E-state index contributed by atoms with van der Waals surface area (Å²) in [5.41, 5.74) is 1.62. The number of fused-ring (bicyclic) bond motifs is 2. The van der Waals surface area contributed by atoms with Crippen LogP contribution in [-0.4, -0.2) is 60.8 Å². The summed E-state index contributed by atoms with van der Waals surface area (Å²) in [6, 6.07) is 11.7. The van der Waals surface area contributed by atoms with Gasteiger partial charge in [0.2, 0.25) is 0 Å². The van der Waals surface area contributed by atoms with Gasteiger partial charge in [-0.2, -0.15) is 0 Å². The molecule has 2 aromatic carbocycles. The largest absolute Gasteiger partial charge is 0.493 e. The van der Waals surface area contributed by atoms with Gasteiger partial charge in [-0.25, -0.2) is 14.8 Å². The predicted molar refractivity (Wildman–Crippen MR) is 152 cm³/mol. The van der Waals surface area contributed by atoms with E-state index in [9.17, 15) is 4.79 Å². The Hall–Kier alpha value is -3.43. The summed E-state index contributed by atoms with van der Waals surface area (Å²) in [7, 11) is 1.64. The first-order chi connectivity index (χ1) is 18.5. The molecule has 0 radical (unpaired) electrons. The van der Waals surface area contributed by atoms with Gasteiger partial charge in [-0.15, -0.1) is 11.3 Å². The number of hydrogen-bond acceptors (Lipinski definition) is 9. The van der Waals surface area contributed by atoms with Crippen LogP contribution in [0.3, 0.4) is 0 Å². The van der Waals surface area contributed by atoms with Gasteiger partial charge < -0.3 is 24.4 Å². The van der Waals surface area contributed by atoms with E-state index in [2.05, 4.69) is 27.1 Å². The molecule has 0 bridgehead atoms. The molecule has 0 atom stereocenters. The fraction of sp³-hybridized carbons (Fsp3) is 0.414. The molecule has 0 amide bonds. The topological polar surface area (TPSA) is 85.8 Å². The van der Waals surface area contributed by atoms with Crippen molar-refractivity contribution in [2.24, 2.45) is 5.92 Å². The molecular formula is C29H34N4O4S. The number of thiophene rings is 1. The number of methoxy groups -OCH3 is 1. The third-order valence-electron chi connectivity index (χ3n) is 6.93. The van der Waals surface area contributed by atoms with Crippen LogP contribution in [0.2, 0.25) is 0 Å². The molecule has 1 fully saturated rings. The number of carbonyl (C=O) groups is 1. The van der Waals surface area contributed by atoms with Crippen molar-refractivity contribution in [2.75, 3.05) is 45.3 Å². The monoisotopic (exact) mass is 534 g/mol. The maximum atomic E-state index is 12.1. The van der Waals surface area contributed by atoms with Crippen LogP contribution in [0.1, 0.15) is 42.8 Å². The summed E-state index contributed by atoms with van der Waals surface area (Å²) in [4.78, 5) is 24.2. The maximum Gasteiger partial charge on any atom is 0.348 e. The molecular weight excluding hydrogens is 500 g/mol. The molecule has 1 aliphatic heterocycles. The van der Waals surface area contributed by atoms with E-state index in [1.807, 2.05) is 36.4 Å². The van der Waals surface area contributed by atoms with Crippen LogP contribution in [0.4, 0.5) is 11.5 Å². The fourth-order valence-corrected chi connectivity index (χ4v) is 5.69. The van der Waals surface area contributed by atoms with Crippen molar-refractivity contribution in [3.8, 4) is 11.5 Å². The molecule has 3 heterocycles. The second kappa shape index (κ2) is 12.0. The van der Waals surface area contributed by atoms with Crippen LogP contribution < -0.4 is 14.8 Å². The molecule has 8 nitrogen and oxygen atoms in total. The lowest BCUT2D eigenvalue weighted by Crippen LogP contribution is -2.34. The van der Waals surface area contributed by atoms with Gasteiger partial charge in [0.1, 0.15) is 17.0 Å². The van der Waals surface area contributed by atoms with Gasteiger partial charge in [0, 0.05) is 28.4 Å². The Balaban J connectivity index is 1.32. The first-order valence-electron chi connectivity index (χ1n) is 13.2. The Morgan fingerprint density at radius 3 is 2.76 bits per heavy atom. The quantitative estimate of drug-likeness (QED) is 0.188. The SMILES string of the molecule is CCOC(=O)c1cc2cc(Nc3ncnc4cc(OC)c(OCCCN5CCC(C)CC5)cc34)ccc2s1. The molecule has 9 heteroatoms. The Morgan fingerprint density at radius 2 is 1.97 bits per heavy atom. The summed E-state index contributed by atoms with van der Waals surface area (Å²) in [5, 5.41) is 5.22. The number of anilines is 2. The normalized spacial score (nSPS) is 14.6. The number of ether oxygens (including phenoxy) is 3. The van der Waals surface area contributed by atoms with Crippen LogP contribution in [0.25, 0.3) is 21.0 Å². The molecule has 0 unspecified atom stereocenters. The van der Waals surface area contributed by atoms with E-state index >= 15 is 0 Å². The molecule has 200 valence electrons. The molecule has 4 aromatic rings. The second-order valence-corrected chi connectivity index (χ2v) is 10.8. The number of esters is 1. The number of benzene rings is 2. The highest BCUT2D eigenvalue weighted by molar-refractivity contribution is 7.20. The van der Waals surface area contributed by atoms with Gasteiger partial charge in [0.25, 0.3) is 0 Å². The van der Waals surface area contributed by atoms with Crippen molar-refractivity contribution in [3.63, 3.8) is 0 Å². The number of carbonyl (C=O) groups excluding carboxylic acids is 1. The zero-order valence-electron chi connectivity index (χ0n) is 22.2. The highest BCUT2D eigenvalue weighted by atomic mass is 32.1. The highest BCUT2D eigenvalue weighted by Crippen LogP contribution is 2.36.